The van der Waals surface area contributed by atoms with E-state index in [1.165, 1.54) is 36.1 Å². The minimum Gasteiger partial charge on any atom is -0.465 e. The first-order chi connectivity index (χ1) is 16.8. The number of anilines is 1. The van der Waals surface area contributed by atoms with E-state index in [9.17, 15) is 14.0 Å². The second kappa shape index (κ2) is 10.7. The van der Waals surface area contributed by atoms with Gasteiger partial charge in [0.2, 0.25) is 5.91 Å². The summed E-state index contributed by atoms with van der Waals surface area (Å²) in [5.74, 6) is -1.23. The van der Waals surface area contributed by atoms with Gasteiger partial charge in [-0.3, -0.25) is 9.48 Å². The molecule has 10 heteroatoms. The van der Waals surface area contributed by atoms with Crippen LogP contribution in [0.4, 0.5) is 10.1 Å². The Morgan fingerprint density at radius 3 is 2.63 bits per heavy atom. The van der Waals surface area contributed by atoms with Gasteiger partial charge in [-0.15, -0.1) is 11.3 Å². The number of carbonyl (C=O) groups is 2. The number of carbonyl (C=O) groups excluding carboxylic acids is 2. The Kier molecular flexibility index (Phi) is 7.52. The highest BCUT2D eigenvalue weighted by Crippen LogP contribution is 2.35. The molecule has 0 spiro atoms. The molecule has 1 amide bonds. The van der Waals surface area contributed by atoms with Crippen LogP contribution in [0.5, 0.6) is 0 Å². The van der Waals surface area contributed by atoms with E-state index in [1.54, 1.807) is 16.8 Å². The highest BCUT2D eigenvalue weighted by molar-refractivity contribution is 7.21. The number of hydrogen-bond acceptors (Lipinski definition) is 7. The number of nitrogens with one attached hydrogen (secondary N) is 1. The molecule has 4 aromatic rings. The molecule has 0 aliphatic heterocycles. The molecule has 0 fully saturated rings. The highest BCUT2D eigenvalue weighted by atomic mass is 32.1. The molecule has 0 saturated carbocycles. The minimum atomic E-state index is -0.541. The summed E-state index contributed by atoms with van der Waals surface area (Å²) in [6.45, 7) is 1.47. The van der Waals surface area contributed by atoms with Crippen LogP contribution in [-0.2, 0) is 36.0 Å². The van der Waals surface area contributed by atoms with Crippen LogP contribution in [0.1, 0.15) is 26.5 Å². The molecule has 0 aliphatic rings. The summed E-state index contributed by atoms with van der Waals surface area (Å²) in [5, 5.41) is 7.70. The van der Waals surface area contributed by atoms with Crippen molar-refractivity contribution in [2.75, 3.05) is 26.0 Å². The van der Waals surface area contributed by atoms with Crippen molar-refractivity contribution in [2.24, 2.45) is 7.05 Å². The Bertz CT molecular complexity index is 1350. The summed E-state index contributed by atoms with van der Waals surface area (Å²) >= 11 is 1.18. The molecule has 0 atom stereocenters. The first kappa shape index (κ1) is 24.5. The molecule has 3 heterocycles. The number of halogens is 1. The molecule has 0 saturated heterocycles. The SMILES string of the molecule is COC(=O)c1sc2nc(CN(C)CCc3cnn(C)c3)ccc2c1NC(=O)Cc1ccc(F)cc1. The predicted octanol–water partition coefficient (Wildman–Crippen LogP) is 3.81. The summed E-state index contributed by atoms with van der Waals surface area (Å²) in [7, 11) is 5.22. The summed E-state index contributed by atoms with van der Waals surface area (Å²) in [4.78, 5) is 32.9. The zero-order valence-electron chi connectivity index (χ0n) is 19.7. The van der Waals surface area contributed by atoms with Gasteiger partial charge in [0.25, 0.3) is 0 Å². The Hall–Kier alpha value is -3.63. The second-order valence-corrected chi connectivity index (χ2v) is 9.31. The van der Waals surface area contributed by atoms with Gasteiger partial charge in [0.15, 0.2) is 0 Å². The van der Waals surface area contributed by atoms with Crippen LogP contribution in [0, 0.1) is 5.82 Å². The molecule has 8 nitrogen and oxygen atoms in total. The van der Waals surface area contributed by atoms with E-state index in [4.69, 9.17) is 9.72 Å². The number of fused-ring (bicyclic) bond motifs is 1. The Labute approximate surface area is 206 Å². The van der Waals surface area contributed by atoms with Gasteiger partial charge in [-0.2, -0.15) is 5.10 Å². The van der Waals surface area contributed by atoms with Gasteiger partial charge >= 0.3 is 5.97 Å². The molecule has 1 aromatic carbocycles. The van der Waals surface area contributed by atoms with Crippen molar-refractivity contribution in [2.45, 2.75) is 19.4 Å². The maximum Gasteiger partial charge on any atom is 0.350 e. The van der Waals surface area contributed by atoms with Gasteiger partial charge in [-0.25, -0.2) is 14.2 Å². The van der Waals surface area contributed by atoms with Crippen molar-refractivity contribution in [1.29, 1.82) is 0 Å². The zero-order valence-corrected chi connectivity index (χ0v) is 20.6. The van der Waals surface area contributed by atoms with Crippen LogP contribution in [0.25, 0.3) is 10.2 Å². The number of rotatable bonds is 9. The molecule has 1 N–H and O–H groups in total. The van der Waals surface area contributed by atoms with Crippen LogP contribution in [0.15, 0.2) is 48.8 Å². The maximum atomic E-state index is 13.2. The normalized spacial score (nSPS) is 11.2. The van der Waals surface area contributed by atoms with Crippen LogP contribution in [-0.4, -0.2) is 52.2 Å². The van der Waals surface area contributed by atoms with Gasteiger partial charge in [0, 0.05) is 31.7 Å². The number of aromatic nitrogens is 3. The lowest BCUT2D eigenvalue weighted by Gasteiger charge is -2.15. The molecule has 3 aromatic heterocycles. The monoisotopic (exact) mass is 495 g/mol. The second-order valence-electron chi connectivity index (χ2n) is 8.31. The average molecular weight is 496 g/mol. The standard InChI is InChI=1S/C25H26FN5O3S/c1-30(11-10-17-13-27-31(2)14-17)15-19-8-9-20-22(23(25(33)34-3)35-24(20)28-19)29-21(32)12-16-4-6-18(26)7-5-16/h4-9,13-14H,10-12,15H2,1-3H3,(H,29,32). The largest absolute Gasteiger partial charge is 0.465 e. The molecular weight excluding hydrogens is 469 g/mol. The van der Waals surface area contributed by atoms with Gasteiger partial charge in [-0.05, 0) is 48.9 Å². The van der Waals surface area contributed by atoms with Crippen molar-refractivity contribution in [3.8, 4) is 0 Å². The third-order valence-electron chi connectivity index (χ3n) is 5.50. The molecule has 4 rings (SSSR count). The molecule has 182 valence electrons. The molecule has 0 unspecified atom stereocenters. The summed E-state index contributed by atoms with van der Waals surface area (Å²) < 4.78 is 19.9. The number of nitrogens with zero attached hydrogens (tertiary/aromatic N) is 4. The van der Waals surface area contributed by atoms with Crippen molar-refractivity contribution < 1.29 is 18.7 Å². The lowest BCUT2D eigenvalue weighted by atomic mass is 10.1. The van der Waals surface area contributed by atoms with E-state index >= 15 is 0 Å². The van der Waals surface area contributed by atoms with Crippen molar-refractivity contribution in [1.82, 2.24) is 19.7 Å². The smallest absolute Gasteiger partial charge is 0.350 e. The topological polar surface area (TPSA) is 89.3 Å². The van der Waals surface area contributed by atoms with Gasteiger partial charge in [0.05, 0.1) is 31.1 Å². The number of esters is 1. The van der Waals surface area contributed by atoms with Crippen molar-refractivity contribution >= 4 is 39.1 Å². The molecule has 0 aliphatic carbocycles. The van der Waals surface area contributed by atoms with Gasteiger partial charge < -0.3 is 15.0 Å². The quantitative estimate of drug-likeness (QED) is 0.355. The molecule has 35 heavy (non-hydrogen) atoms. The lowest BCUT2D eigenvalue weighted by Crippen LogP contribution is -2.21. The van der Waals surface area contributed by atoms with E-state index < -0.39 is 5.97 Å². The molecular formula is C25H26FN5O3S. The summed E-state index contributed by atoms with van der Waals surface area (Å²) in [5.41, 5.74) is 3.07. The van der Waals surface area contributed by atoms with Crippen molar-refractivity contribution in [3.63, 3.8) is 0 Å². The predicted molar refractivity (Wildman–Crippen MR) is 133 cm³/mol. The zero-order chi connectivity index (χ0) is 24.9. The summed E-state index contributed by atoms with van der Waals surface area (Å²) in [6, 6.07) is 9.49. The maximum absolute atomic E-state index is 13.2. The van der Waals surface area contributed by atoms with E-state index in [2.05, 4.69) is 15.3 Å². The highest BCUT2D eigenvalue weighted by Gasteiger charge is 2.22. The third kappa shape index (κ3) is 6.09. The number of benzene rings is 1. The fraction of sp³-hybridized carbons (Fsp3) is 0.280. The Morgan fingerprint density at radius 1 is 1.17 bits per heavy atom. The molecule has 0 bridgehead atoms. The number of amides is 1. The van der Waals surface area contributed by atoms with Crippen LogP contribution in [0.2, 0.25) is 0 Å². The van der Waals surface area contributed by atoms with Gasteiger partial charge in [-0.1, -0.05) is 12.1 Å². The molecule has 0 radical (unpaired) electrons. The number of methoxy groups -OCH3 is 1. The number of ether oxygens (including phenoxy) is 1. The number of pyridine rings is 1. The number of aryl methyl sites for hydroxylation is 1. The third-order valence-corrected chi connectivity index (χ3v) is 6.58. The minimum absolute atomic E-state index is 0.0471. The first-order valence-electron chi connectivity index (χ1n) is 11.0. The van der Waals surface area contributed by atoms with Crippen LogP contribution < -0.4 is 5.32 Å². The lowest BCUT2D eigenvalue weighted by molar-refractivity contribution is -0.115. The fourth-order valence-corrected chi connectivity index (χ4v) is 4.78. The van der Waals surface area contributed by atoms with E-state index in [1.807, 2.05) is 38.6 Å². The number of hydrogen-bond donors (Lipinski definition) is 1. The first-order valence-corrected chi connectivity index (χ1v) is 11.8. The number of likely N-dealkylation sites (N-methyl/N-ethyl adjacent to an activating group) is 1. The number of thiophene rings is 1. The fourth-order valence-electron chi connectivity index (χ4n) is 3.71. The van der Waals surface area contributed by atoms with Crippen molar-refractivity contribution in [3.05, 3.63) is 76.3 Å². The van der Waals surface area contributed by atoms with Gasteiger partial charge in [0.1, 0.15) is 15.5 Å². The summed E-state index contributed by atoms with van der Waals surface area (Å²) in [6.07, 6.45) is 4.79. The van der Waals surface area contributed by atoms with Crippen LogP contribution in [0.3, 0.4) is 0 Å². The Morgan fingerprint density at radius 2 is 1.94 bits per heavy atom. The van der Waals surface area contributed by atoms with E-state index in [0.29, 0.717) is 28.0 Å². The Balaban J connectivity index is 1.50. The van der Waals surface area contributed by atoms with E-state index in [-0.39, 0.29) is 23.0 Å². The van der Waals surface area contributed by atoms with Crippen LogP contribution >= 0.6 is 11.3 Å². The van der Waals surface area contributed by atoms with E-state index in [0.717, 1.165) is 18.7 Å². The average Bonchev–Trinajstić information content (AvgIpc) is 3.41.